The molecule has 2 atom stereocenters. The minimum absolute atomic E-state index is 0.0139. The first-order valence-electron chi connectivity index (χ1n) is 5.94. The molecular formula is C12H19NO5S. The Labute approximate surface area is 117 Å². The number of nitrogens with zero attached hydrogens (tertiary/aromatic N) is 1. The number of likely N-dealkylation sites (tertiary alicyclic amines) is 1. The summed E-state index contributed by atoms with van der Waals surface area (Å²) in [5.41, 5.74) is -0.738. The van der Waals surface area contributed by atoms with E-state index in [0.29, 0.717) is 0 Å². The molecule has 1 aliphatic rings. The second-order valence-electron chi connectivity index (χ2n) is 5.72. The van der Waals surface area contributed by atoms with E-state index < -0.39 is 28.5 Å². The van der Waals surface area contributed by atoms with E-state index in [1.54, 1.807) is 20.8 Å². The maximum Gasteiger partial charge on any atom is 0.411 e. The molecule has 1 N–H and O–H groups in total. The predicted molar refractivity (Wildman–Crippen MR) is 71.1 cm³/mol. The molecule has 0 spiro atoms. The average molecular weight is 289 g/mol. The van der Waals surface area contributed by atoms with Crippen molar-refractivity contribution in [1.29, 1.82) is 0 Å². The van der Waals surface area contributed by atoms with Crippen LogP contribution in [0.1, 0.15) is 34.1 Å². The first kappa shape index (κ1) is 15.8. The van der Waals surface area contributed by atoms with Crippen molar-refractivity contribution in [3.63, 3.8) is 0 Å². The van der Waals surface area contributed by atoms with Gasteiger partial charge in [0, 0.05) is 18.9 Å². The van der Waals surface area contributed by atoms with Crippen molar-refractivity contribution < 1.29 is 24.2 Å². The summed E-state index contributed by atoms with van der Waals surface area (Å²) >= 11 is 4.09. The second kappa shape index (κ2) is 5.03. The number of carboxylic acids is 1. The number of amides is 1. The van der Waals surface area contributed by atoms with Gasteiger partial charge in [-0.25, -0.2) is 9.59 Å². The van der Waals surface area contributed by atoms with Gasteiger partial charge in [0.25, 0.3) is 0 Å². The van der Waals surface area contributed by atoms with Gasteiger partial charge in [-0.3, -0.25) is 9.69 Å². The molecule has 0 aliphatic carbocycles. The van der Waals surface area contributed by atoms with Crippen molar-refractivity contribution in [3.8, 4) is 0 Å². The highest BCUT2D eigenvalue weighted by Crippen LogP contribution is 2.38. The summed E-state index contributed by atoms with van der Waals surface area (Å²) in [5.74, 6) is -1.95. The summed E-state index contributed by atoms with van der Waals surface area (Å²) in [6.07, 6.45) is -0.784. The highest BCUT2D eigenvalue weighted by Gasteiger charge is 2.53. The van der Waals surface area contributed by atoms with Crippen LogP contribution in [0.2, 0.25) is 0 Å². The highest BCUT2D eigenvalue weighted by atomic mass is 32.1. The van der Waals surface area contributed by atoms with E-state index in [1.165, 1.54) is 6.92 Å². The minimum atomic E-state index is -1.70. The molecule has 0 radical (unpaired) electrons. The number of ketones is 1. The number of hydrogen-bond acceptors (Lipinski definition) is 5. The Hall–Kier alpha value is -1.24. The molecule has 108 valence electrons. The SMILES string of the molecule is CC(=O)[C@@H]1CN(C(=O)OC(C)(C)C)[C@@](S)(C(=O)O)C1. The third-order valence-corrected chi connectivity index (χ3v) is 3.53. The Morgan fingerprint density at radius 1 is 1.37 bits per heavy atom. The predicted octanol–water partition coefficient (Wildman–Crippen LogP) is 1.54. The van der Waals surface area contributed by atoms with E-state index >= 15 is 0 Å². The Morgan fingerprint density at radius 3 is 2.26 bits per heavy atom. The number of carboxylic acid groups (broad SMARTS) is 1. The number of hydrogen-bond donors (Lipinski definition) is 2. The highest BCUT2D eigenvalue weighted by molar-refractivity contribution is 7.82. The van der Waals surface area contributed by atoms with E-state index in [-0.39, 0.29) is 18.7 Å². The minimum Gasteiger partial charge on any atom is -0.479 e. The molecule has 19 heavy (non-hydrogen) atoms. The summed E-state index contributed by atoms with van der Waals surface area (Å²) in [4.78, 5) is 34.1. The van der Waals surface area contributed by atoms with E-state index in [2.05, 4.69) is 12.6 Å². The number of rotatable bonds is 2. The van der Waals surface area contributed by atoms with E-state index in [1.807, 2.05) is 0 Å². The number of carbonyl (C=O) groups is 3. The molecule has 0 saturated carbocycles. The monoisotopic (exact) mass is 289 g/mol. The van der Waals surface area contributed by atoms with Crippen LogP contribution in [0, 0.1) is 5.92 Å². The molecule has 0 aromatic heterocycles. The summed E-state index contributed by atoms with van der Waals surface area (Å²) in [6, 6.07) is 0. The Kier molecular flexibility index (Phi) is 4.19. The Balaban J connectivity index is 2.99. The molecule has 1 saturated heterocycles. The lowest BCUT2D eigenvalue weighted by Crippen LogP contribution is -2.50. The van der Waals surface area contributed by atoms with Gasteiger partial charge in [0.1, 0.15) is 11.4 Å². The van der Waals surface area contributed by atoms with Crippen molar-refractivity contribution in [3.05, 3.63) is 0 Å². The van der Waals surface area contributed by atoms with Crippen molar-refractivity contribution in [2.45, 2.75) is 44.6 Å². The van der Waals surface area contributed by atoms with Gasteiger partial charge in [-0.1, -0.05) is 0 Å². The second-order valence-corrected chi connectivity index (χ2v) is 6.46. The smallest absolute Gasteiger partial charge is 0.411 e. The van der Waals surface area contributed by atoms with Crippen LogP contribution < -0.4 is 0 Å². The Morgan fingerprint density at radius 2 is 1.89 bits per heavy atom. The lowest BCUT2D eigenvalue weighted by atomic mass is 10.0. The third-order valence-electron chi connectivity index (χ3n) is 2.91. The summed E-state index contributed by atoms with van der Waals surface area (Å²) < 4.78 is 5.16. The largest absolute Gasteiger partial charge is 0.479 e. The van der Waals surface area contributed by atoms with Crippen LogP contribution in [-0.2, 0) is 14.3 Å². The van der Waals surface area contributed by atoms with Crippen LogP contribution in [0.3, 0.4) is 0 Å². The standard InChI is InChI=1S/C12H19NO5S/c1-7(14)8-5-12(19,9(15)16)13(6-8)10(17)18-11(2,3)4/h8,19H,5-6H2,1-4H3,(H,15,16)/t8-,12-/m0/s1. The third kappa shape index (κ3) is 3.40. The van der Waals surface area contributed by atoms with Crippen LogP contribution in [0.4, 0.5) is 4.79 Å². The maximum absolute atomic E-state index is 12.0. The van der Waals surface area contributed by atoms with Crippen molar-refractivity contribution >= 4 is 30.5 Å². The van der Waals surface area contributed by atoms with Crippen LogP contribution in [0.15, 0.2) is 0 Å². The van der Waals surface area contributed by atoms with Gasteiger partial charge in [0.15, 0.2) is 4.87 Å². The molecule has 1 amide bonds. The molecule has 1 heterocycles. The lowest BCUT2D eigenvalue weighted by Gasteiger charge is -2.32. The molecule has 1 aliphatic heterocycles. The molecule has 1 rings (SSSR count). The van der Waals surface area contributed by atoms with Gasteiger partial charge in [0.2, 0.25) is 0 Å². The molecule has 7 heteroatoms. The molecule has 0 bridgehead atoms. The number of carbonyl (C=O) groups excluding carboxylic acids is 2. The van der Waals surface area contributed by atoms with Crippen molar-refractivity contribution in [1.82, 2.24) is 4.90 Å². The quantitative estimate of drug-likeness (QED) is 0.753. The lowest BCUT2D eigenvalue weighted by molar-refractivity contribution is -0.143. The summed E-state index contributed by atoms with van der Waals surface area (Å²) in [7, 11) is 0. The van der Waals surface area contributed by atoms with Gasteiger partial charge in [0.05, 0.1) is 0 Å². The molecule has 0 unspecified atom stereocenters. The number of aliphatic carboxylic acids is 1. The first-order chi connectivity index (χ1) is 8.47. The fourth-order valence-electron chi connectivity index (χ4n) is 1.91. The van der Waals surface area contributed by atoms with E-state index in [0.717, 1.165) is 4.90 Å². The number of Topliss-reactive ketones (excluding diaryl/α,β-unsaturated/α-hetero) is 1. The molecular weight excluding hydrogens is 270 g/mol. The Bertz CT molecular complexity index is 417. The van der Waals surface area contributed by atoms with E-state index in [4.69, 9.17) is 4.74 Å². The van der Waals surface area contributed by atoms with Crippen LogP contribution in [-0.4, -0.2) is 44.9 Å². The van der Waals surface area contributed by atoms with Crippen LogP contribution in [0.5, 0.6) is 0 Å². The number of ether oxygens (including phenoxy) is 1. The zero-order valence-electron chi connectivity index (χ0n) is 11.5. The van der Waals surface area contributed by atoms with Gasteiger partial charge in [-0.15, -0.1) is 12.6 Å². The number of thiol groups is 1. The maximum atomic E-state index is 12.0. The first-order valence-corrected chi connectivity index (χ1v) is 6.39. The van der Waals surface area contributed by atoms with Gasteiger partial charge >= 0.3 is 12.1 Å². The van der Waals surface area contributed by atoms with Crippen LogP contribution >= 0.6 is 12.6 Å². The molecule has 0 aromatic rings. The fraction of sp³-hybridized carbons (Fsp3) is 0.750. The summed E-state index contributed by atoms with van der Waals surface area (Å²) in [5, 5.41) is 9.25. The van der Waals surface area contributed by atoms with Gasteiger partial charge in [-0.2, -0.15) is 0 Å². The molecule has 1 fully saturated rings. The van der Waals surface area contributed by atoms with E-state index in [9.17, 15) is 19.5 Å². The summed E-state index contributed by atoms with van der Waals surface area (Å²) in [6.45, 7) is 6.44. The van der Waals surface area contributed by atoms with Crippen molar-refractivity contribution in [2.24, 2.45) is 5.92 Å². The zero-order chi connectivity index (χ0) is 15.0. The molecule has 6 nitrogen and oxygen atoms in total. The van der Waals surface area contributed by atoms with Gasteiger partial charge in [-0.05, 0) is 27.7 Å². The fourth-order valence-corrected chi connectivity index (χ4v) is 2.29. The average Bonchev–Trinajstić information content (AvgIpc) is 2.55. The zero-order valence-corrected chi connectivity index (χ0v) is 12.4. The normalized spacial score (nSPS) is 27.2. The molecule has 0 aromatic carbocycles. The topological polar surface area (TPSA) is 83.9 Å². The van der Waals surface area contributed by atoms with Crippen molar-refractivity contribution in [2.75, 3.05) is 6.54 Å². The van der Waals surface area contributed by atoms with Crippen LogP contribution in [0.25, 0.3) is 0 Å². The van der Waals surface area contributed by atoms with Gasteiger partial charge < -0.3 is 9.84 Å².